The lowest BCUT2D eigenvalue weighted by molar-refractivity contribution is -0.138. The Bertz CT molecular complexity index is 409. The molecule has 2 atom stereocenters. The Morgan fingerprint density at radius 1 is 1.27 bits per heavy atom. The smallest absolute Gasteiger partial charge is 0.330 e. The minimum Gasteiger partial charge on any atom is -0.481 e. The molecule has 0 aliphatic carbocycles. The van der Waals surface area contributed by atoms with Crippen molar-refractivity contribution in [1.29, 1.82) is 0 Å². The van der Waals surface area contributed by atoms with Gasteiger partial charge in [-0.15, -0.1) is 0 Å². The molecule has 1 N–H and O–H groups in total. The normalized spacial score (nSPS) is 15.6. The van der Waals surface area contributed by atoms with Crippen LogP contribution >= 0.6 is 0 Å². The van der Waals surface area contributed by atoms with Crippen LogP contribution in [0.4, 0.5) is 0 Å². The van der Waals surface area contributed by atoms with Crippen molar-refractivity contribution in [2.24, 2.45) is 5.92 Å². The first-order valence-electron chi connectivity index (χ1n) is 7.65. The van der Waals surface area contributed by atoms with Gasteiger partial charge in [0.1, 0.15) is 0 Å². The molecule has 0 rings (SSSR count). The molecule has 0 aromatic rings. The molecule has 0 saturated heterocycles. The number of hydrogen-bond donors (Lipinski definition) is 1. The molecule has 0 aromatic heterocycles. The fraction of sp³-hybridized carbons (Fsp3) is 0.750. The fourth-order valence-corrected chi connectivity index (χ4v) is 2.96. The monoisotopic (exact) mass is 330 g/mol. The van der Waals surface area contributed by atoms with E-state index in [9.17, 15) is 9.59 Å². The largest absolute Gasteiger partial charge is 0.481 e. The van der Waals surface area contributed by atoms with E-state index in [0.717, 1.165) is 0 Å². The number of carboxylic acids is 1. The Hall–Kier alpha value is -1.14. The van der Waals surface area contributed by atoms with Crippen LogP contribution in [0.1, 0.15) is 41.0 Å². The highest BCUT2D eigenvalue weighted by atomic mass is 28.4. The highest BCUT2D eigenvalue weighted by molar-refractivity contribution is 6.74. The molecule has 2 unspecified atom stereocenters. The molecule has 0 radical (unpaired) electrons. The van der Waals surface area contributed by atoms with E-state index in [2.05, 4.69) is 33.9 Å². The lowest BCUT2D eigenvalue weighted by Gasteiger charge is -2.40. The van der Waals surface area contributed by atoms with Gasteiger partial charge < -0.3 is 14.3 Å². The average molecular weight is 330 g/mol. The van der Waals surface area contributed by atoms with Crippen LogP contribution in [-0.4, -0.2) is 38.1 Å². The molecule has 0 heterocycles. The molecule has 6 heteroatoms. The number of carbonyl (C=O) groups is 2. The zero-order chi connectivity index (χ0) is 17.6. The third kappa shape index (κ3) is 7.22. The van der Waals surface area contributed by atoms with Crippen LogP contribution in [0, 0.1) is 5.92 Å². The highest BCUT2D eigenvalue weighted by Gasteiger charge is 2.39. The molecular formula is C16H30O5Si. The van der Waals surface area contributed by atoms with E-state index in [4.69, 9.17) is 14.3 Å². The average Bonchev–Trinajstić information content (AvgIpc) is 2.32. The zero-order valence-corrected chi connectivity index (χ0v) is 15.8. The van der Waals surface area contributed by atoms with Crippen molar-refractivity contribution in [2.75, 3.05) is 6.61 Å². The maximum Gasteiger partial charge on any atom is 0.330 e. The van der Waals surface area contributed by atoms with Crippen molar-refractivity contribution in [3.63, 3.8) is 0 Å². The predicted molar refractivity (Wildman–Crippen MR) is 89.3 cm³/mol. The summed E-state index contributed by atoms with van der Waals surface area (Å²) in [5.74, 6) is -1.54. The van der Waals surface area contributed by atoms with Crippen LogP contribution in [0.3, 0.4) is 0 Å². The third-order valence-electron chi connectivity index (χ3n) is 4.00. The molecule has 0 spiro atoms. The van der Waals surface area contributed by atoms with Crippen LogP contribution < -0.4 is 0 Å². The summed E-state index contributed by atoms with van der Waals surface area (Å²) in [6, 6.07) is 0. The number of hydrogen-bond acceptors (Lipinski definition) is 4. The van der Waals surface area contributed by atoms with Crippen molar-refractivity contribution in [3.05, 3.63) is 12.2 Å². The van der Waals surface area contributed by atoms with E-state index in [-0.39, 0.29) is 17.4 Å². The van der Waals surface area contributed by atoms with E-state index in [0.29, 0.717) is 6.61 Å². The van der Waals surface area contributed by atoms with Crippen LogP contribution in [0.2, 0.25) is 18.1 Å². The van der Waals surface area contributed by atoms with Gasteiger partial charge in [0.05, 0.1) is 19.1 Å². The van der Waals surface area contributed by atoms with Gasteiger partial charge >= 0.3 is 11.9 Å². The summed E-state index contributed by atoms with van der Waals surface area (Å²) in [6.45, 7) is 14.4. The summed E-state index contributed by atoms with van der Waals surface area (Å²) in [5.41, 5.74) is 0. The van der Waals surface area contributed by atoms with E-state index in [1.807, 2.05) is 6.92 Å². The van der Waals surface area contributed by atoms with Crippen molar-refractivity contribution in [3.8, 4) is 0 Å². The number of carboxylic acid groups (broad SMARTS) is 1. The highest BCUT2D eigenvalue weighted by Crippen LogP contribution is 2.38. The van der Waals surface area contributed by atoms with E-state index < -0.39 is 26.4 Å². The van der Waals surface area contributed by atoms with Gasteiger partial charge in [0.25, 0.3) is 0 Å². The van der Waals surface area contributed by atoms with E-state index >= 15 is 0 Å². The number of esters is 1. The van der Waals surface area contributed by atoms with Gasteiger partial charge in [0, 0.05) is 6.08 Å². The van der Waals surface area contributed by atoms with Crippen LogP contribution in [-0.2, 0) is 18.8 Å². The van der Waals surface area contributed by atoms with E-state index in [1.54, 1.807) is 13.0 Å². The molecule has 0 saturated carbocycles. The molecule has 0 aliphatic rings. The standard InChI is InChI=1S/C16H30O5Si/c1-8-20-15(19)10-9-13(12(2)11-14(17)18)21-22(6,7)16(3,4)5/h9-10,12-13H,8,11H2,1-7H3,(H,17,18)/b10-9+. The predicted octanol–water partition coefficient (Wildman–Crippen LogP) is 3.61. The fourth-order valence-electron chi connectivity index (χ4n) is 1.62. The van der Waals surface area contributed by atoms with Gasteiger partial charge in [-0.3, -0.25) is 4.79 Å². The molecule has 0 aromatic carbocycles. The van der Waals surface area contributed by atoms with Crippen LogP contribution in [0.5, 0.6) is 0 Å². The zero-order valence-electron chi connectivity index (χ0n) is 14.8. The number of ether oxygens (including phenoxy) is 1. The molecule has 128 valence electrons. The quantitative estimate of drug-likeness (QED) is 0.418. The van der Waals surface area contributed by atoms with Gasteiger partial charge in [0.2, 0.25) is 0 Å². The second kappa shape index (κ2) is 8.48. The Morgan fingerprint density at radius 2 is 1.82 bits per heavy atom. The maximum atomic E-state index is 11.5. The van der Waals surface area contributed by atoms with Crippen molar-refractivity contribution >= 4 is 20.3 Å². The molecule has 5 nitrogen and oxygen atoms in total. The van der Waals surface area contributed by atoms with Crippen molar-refractivity contribution < 1.29 is 23.9 Å². The summed E-state index contributed by atoms with van der Waals surface area (Å²) in [5, 5.41) is 9.00. The second-order valence-electron chi connectivity index (χ2n) is 7.03. The number of aliphatic carboxylic acids is 1. The first kappa shape index (κ1) is 20.9. The molecule has 22 heavy (non-hydrogen) atoms. The molecule has 0 bridgehead atoms. The second-order valence-corrected chi connectivity index (χ2v) is 11.8. The lowest BCUT2D eigenvalue weighted by Crippen LogP contribution is -2.45. The SMILES string of the molecule is CCOC(=O)/C=C/C(O[Si](C)(C)C(C)(C)C)C(C)CC(=O)O. The third-order valence-corrected chi connectivity index (χ3v) is 8.48. The Morgan fingerprint density at radius 3 is 2.23 bits per heavy atom. The Labute approximate surface area is 134 Å². The summed E-state index contributed by atoms with van der Waals surface area (Å²) in [7, 11) is -2.07. The summed E-state index contributed by atoms with van der Waals surface area (Å²) in [4.78, 5) is 22.4. The minimum atomic E-state index is -2.07. The van der Waals surface area contributed by atoms with E-state index in [1.165, 1.54) is 6.08 Å². The lowest BCUT2D eigenvalue weighted by atomic mass is 10.0. The van der Waals surface area contributed by atoms with Gasteiger partial charge in [-0.05, 0) is 37.0 Å². The molecular weight excluding hydrogens is 300 g/mol. The van der Waals surface area contributed by atoms with Crippen molar-refractivity contribution in [1.82, 2.24) is 0 Å². The number of carbonyl (C=O) groups excluding carboxylic acids is 1. The van der Waals surface area contributed by atoms with Crippen molar-refractivity contribution in [2.45, 2.75) is 65.3 Å². The molecule has 0 amide bonds. The van der Waals surface area contributed by atoms with Crippen LogP contribution in [0.25, 0.3) is 0 Å². The van der Waals surface area contributed by atoms with Crippen LogP contribution in [0.15, 0.2) is 12.2 Å². The number of rotatable bonds is 8. The summed E-state index contributed by atoms with van der Waals surface area (Å²) >= 11 is 0. The summed E-state index contributed by atoms with van der Waals surface area (Å²) < 4.78 is 11.1. The van der Waals surface area contributed by atoms with Gasteiger partial charge in [-0.1, -0.05) is 27.7 Å². The first-order valence-corrected chi connectivity index (χ1v) is 10.6. The topological polar surface area (TPSA) is 72.8 Å². The maximum absolute atomic E-state index is 11.5. The molecule has 0 fully saturated rings. The first-order chi connectivity index (χ1) is 9.90. The minimum absolute atomic E-state index is 0.00591. The Balaban J connectivity index is 5.17. The van der Waals surface area contributed by atoms with Gasteiger partial charge in [-0.2, -0.15) is 0 Å². The molecule has 0 aliphatic heterocycles. The Kier molecular flexibility index (Phi) is 8.04. The summed E-state index contributed by atoms with van der Waals surface area (Å²) in [6.07, 6.45) is 2.54. The van der Waals surface area contributed by atoms with Gasteiger partial charge in [-0.25, -0.2) is 4.79 Å². The van der Waals surface area contributed by atoms with Gasteiger partial charge in [0.15, 0.2) is 8.32 Å².